The minimum atomic E-state index is -0.693. The third kappa shape index (κ3) is 2.56. The van der Waals surface area contributed by atoms with Gasteiger partial charge in [-0.15, -0.1) is 11.6 Å². The van der Waals surface area contributed by atoms with Crippen molar-refractivity contribution in [2.45, 2.75) is 18.8 Å². The van der Waals surface area contributed by atoms with Crippen LogP contribution in [0.3, 0.4) is 0 Å². The van der Waals surface area contributed by atoms with Crippen molar-refractivity contribution in [1.29, 1.82) is 5.26 Å². The Morgan fingerprint density at radius 1 is 1.85 bits per heavy atom. The quantitative estimate of drug-likeness (QED) is 0.656. The number of hydrogen-bond donors (Lipinski definition) is 0. The Labute approximate surface area is 80.4 Å². The van der Waals surface area contributed by atoms with Crippen molar-refractivity contribution in [3.63, 3.8) is 0 Å². The van der Waals surface area contributed by atoms with Gasteiger partial charge < -0.3 is 0 Å². The first kappa shape index (κ1) is 9.75. The van der Waals surface area contributed by atoms with Crippen LogP contribution in [0.2, 0.25) is 0 Å². The van der Waals surface area contributed by atoms with Gasteiger partial charge in [-0.1, -0.05) is 0 Å². The lowest BCUT2D eigenvalue weighted by Gasteiger charge is -2.04. The van der Waals surface area contributed by atoms with Crippen LogP contribution in [-0.4, -0.2) is 14.9 Å². The summed E-state index contributed by atoms with van der Waals surface area (Å²) in [5, 5.41) is 7.75. The van der Waals surface area contributed by atoms with Crippen LogP contribution in [0.1, 0.15) is 5.56 Å². The second-order valence-electron chi connectivity index (χ2n) is 2.66. The third-order valence-electron chi connectivity index (χ3n) is 1.48. The van der Waals surface area contributed by atoms with Gasteiger partial charge in [0.05, 0.1) is 12.6 Å². The zero-order valence-corrected chi connectivity index (χ0v) is 7.82. The summed E-state index contributed by atoms with van der Waals surface area (Å²) in [6, 6.07) is 1.84. The highest BCUT2D eigenvalue weighted by Crippen LogP contribution is 1.97. The molecule has 1 heterocycles. The molecule has 0 aliphatic carbocycles. The molecule has 1 unspecified atom stereocenters. The number of alkyl halides is 1. The number of nitrogens with zero attached hydrogens (tertiary/aromatic N) is 3. The van der Waals surface area contributed by atoms with E-state index in [2.05, 4.69) is 4.98 Å². The van der Waals surface area contributed by atoms with Gasteiger partial charge in [-0.05, 0) is 12.5 Å². The number of aromatic nitrogens is 2. The molecule has 0 aromatic carbocycles. The zero-order valence-electron chi connectivity index (χ0n) is 7.07. The van der Waals surface area contributed by atoms with E-state index in [0.29, 0.717) is 0 Å². The molecule has 0 aliphatic heterocycles. The summed E-state index contributed by atoms with van der Waals surface area (Å²) in [7, 11) is 0. The van der Waals surface area contributed by atoms with Crippen LogP contribution in [0, 0.1) is 18.3 Å². The first-order valence-corrected chi connectivity index (χ1v) is 4.14. The van der Waals surface area contributed by atoms with Crippen molar-refractivity contribution in [2.75, 3.05) is 0 Å². The summed E-state index contributed by atoms with van der Waals surface area (Å²) in [5.74, 6) is 0. The Balaban J connectivity index is 2.95. The molecule has 1 rings (SSSR count). The van der Waals surface area contributed by atoms with Gasteiger partial charge in [0.1, 0.15) is 5.38 Å². The van der Waals surface area contributed by atoms with Crippen molar-refractivity contribution in [3.8, 4) is 6.07 Å². The molecule has 0 bridgehead atoms. The summed E-state index contributed by atoms with van der Waals surface area (Å²) in [6.07, 6.45) is 3.11. The molecule has 0 amide bonds. The van der Waals surface area contributed by atoms with Gasteiger partial charge in [-0.3, -0.25) is 4.57 Å². The topological polar surface area (TPSA) is 58.7 Å². The van der Waals surface area contributed by atoms with Crippen LogP contribution in [-0.2, 0) is 6.54 Å². The monoisotopic (exact) mass is 197 g/mol. The lowest BCUT2D eigenvalue weighted by molar-refractivity contribution is 0.663. The number of rotatable bonds is 2. The molecule has 1 aromatic rings. The van der Waals surface area contributed by atoms with E-state index in [0.717, 1.165) is 5.56 Å². The first-order valence-electron chi connectivity index (χ1n) is 3.70. The van der Waals surface area contributed by atoms with E-state index in [1.54, 1.807) is 6.20 Å². The fourth-order valence-electron chi connectivity index (χ4n) is 0.910. The number of hydrogen-bond acceptors (Lipinski definition) is 3. The highest BCUT2D eigenvalue weighted by atomic mass is 35.5. The van der Waals surface area contributed by atoms with Crippen LogP contribution in [0.25, 0.3) is 0 Å². The van der Waals surface area contributed by atoms with Gasteiger partial charge in [0.2, 0.25) is 0 Å². The van der Waals surface area contributed by atoms with Crippen molar-refractivity contribution in [2.24, 2.45) is 0 Å². The van der Waals surface area contributed by atoms with Gasteiger partial charge in [0.15, 0.2) is 0 Å². The molecular weight excluding hydrogens is 190 g/mol. The second-order valence-corrected chi connectivity index (χ2v) is 3.19. The summed E-state index contributed by atoms with van der Waals surface area (Å²) in [5.41, 5.74) is 0.480. The van der Waals surface area contributed by atoms with Gasteiger partial charge >= 0.3 is 5.69 Å². The Kier molecular flexibility index (Phi) is 3.04. The maximum atomic E-state index is 11.1. The fourth-order valence-corrected chi connectivity index (χ4v) is 1.06. The smallest absolute Gasteiger partial charge is 0.296 e. The molecule has 1 aromatic heterocycles. The largest absolute Gasteiger partial charge is 0.347 e. The van der Waals surface area contributed by atoms with Gasteiger partial charge in [0.25, 0.3) is 0 Å². The molecule has 68 valence electrons. The molecule has 0 radical (unpaired) electrons. The SMILES string of the molecule is Cc1cnc(=O)n(CC(Cl)C#N)c1. The normalized spacial score (nSPS) is 12.1. The predicted molar refractivity (Wildman–Crippen MR) is 48.5 cm³/mol. The average molecular weight is 198 g/mol. The average Bonchev–Trinajstić information content (AvgIpc) is 2.11. The minimum Gasteiger partial charge on any atom is -0.296 e. The molecule has 0 N–H and O–H groups in total. The highest BCUT2D eigenvalue weighted by Gasteiger charge is 2.04. The van der Waals surface area contributed by atoms with Gasteiger partial charge in [-0.2, -0.15) is 5.26 Å². The van der Waals surface area contributed by atoms with Crippen molar-refractivity contribution < 1.29 is 0 Å². The van der Waals surface area contributed by atoms with E-state index >= 15 is 0 Å². The lowest BCUT2D eigenvalue weighted by atomic mass is 10.4. The summed E-state index contributed by atoms with van der Waals surface area (Å²) in [6.45, 7) is 1.99. The van der Waals surface area contributed by atoms with Crippen LogP contribution in [0.4, 0.5) is 0 Å². The Morgan fingerprint density at radius 3 is 3.15 bits per heavy atom. The Hall–Kier alpha value is -1.34. The highest BCUT2D eigenvalue weighted by molar-refractivity contribution is 6.22. The maximum absolute atomic E-state index is 11.1. The molecule has 0 saturated carbocycles. The van der Waals surface area contributed by atoms with Crippen LogP contribution in [0.15, 0.2) is 17.2 Å². The van der Waals surface area contributed by atoms with Crippen molar-refractivity contribution in [1.82, 2.24) is 9.55 Å². The number of halogens is 1. The minimum absolute atomic E-state index is 0.172. The standard InChI is InChI=1S/C8H8ClN3O/c1-6-3-11-8(13)12(4-6)5-7(9)2-10/h3-4,7H,5H2,1H3. The van der Waals surface area contributed by atoms with E-state index in [1.165, 1.54) is 10.8 Å². The van der Waals surface area contributed by atoms with E-state index in [-0.39, 0.29) is 12.2 Å². The van der Waals surface area contributed by atoms with E-state index in [1.807, 2.05) is 13.0 Å². The molecular formula is C8H8ClN3O. The van der Waals surface area contributed by atoms with Gasteiger partial charge in [0, 0.05) is 12.4 Å². The summed E-state index contributed by atoms with van der Waals surface area (Å²) in [4.78, 5) is 14.7. The van der Waals surface area contributed by atoms with Crippen molar-refractivity contribution >= 4 is 11.6 Å². The van der Waals surface area contributed by atoms with Crippen LogP contribution < -0.4 is 5.69 Å². The molecule has 0 saturated heterocycles. The zero-order chi connectivity index (χ0) is 9.84. The predicted octanol–water partition coefficient (Wildman–Crippen LogP) is 0.683. The second kappa shape index (κ2) is 4.06. The van der Waals surface area contributed by atoms with E-state index in [9.17, 15) is 4.79 Å². The number of nitriles is 1. The Morgan fingerprint density at radius 2 is 2.54 bits per heavy atom. The van der Waals surface area contributed by atoms with Crippen molar-refractivity contribution in [3.05, 3.63) is 28.4 Å². The van der Waals surface area contributed by atoms with Gasteiger partial charge in [-0.25, -0.2) is 9.78 Å². The molecule has 4 nitrogen and oxygen atoms in total. The van der Waals surface area contributed by atoms with Crippen LogP contribution >= 0.6 is 11.6 Å². The molecule has 0 fully saturated rings. The molecule has 0 spiro atoms. The van der Waals surface area contributed by atoms with E-state index in [4.69, 9.17) is 16.9 Å². The summed E-state index contributed by atoms with van der Waals surface area (Å²) >= 11 is 5.58. The molecule has 0 aliphatic rings. The maximum Gasteiger partial charge on any atom is 0.347 e. The molecule has 13 heavy (non-hydrogen) atoms. The third-order valence-corrected chi connectivity index (χ3v) is 1.72. The molecule has 1 atom stereocenters. The Bertz CT molecular complexity index is 393. The number of aryl methyl sites for hydroxylation is 1. The fraction of sp³-hybridized carbons (Fsp3) is 0.375. The summed E-state index contributed by atoms with van der Waals surface area (Å²) < 4.78 is 1.33. The van der Waals surface area contributed by atoms with E-state index < -0.39 is 5.38 Å². The molecule has 5 heteroatoms. The first-order chi connectivity index (χ1) is 6.13. The lowest BCUT2D eigenvalue weighted by Crippen LogP contribution is -2.25. The van der Waals surface area contributed by atoms with Crippen LogP contribution in [0.5, 0.6) is 0 Å².